The number of rotatable bonds is 11. The van der Waals surface area contributed by atoms with Crippen LogP contribution in [0.5, 0.6) is 0 Å². The number of guanidine groups is 1. The van der Waals surface area contributed by atoms with Crippen LogP contribution < -0.4 is 10.6 Å². The van der Waals surface area contributed by atoms with Gasteiger partial charge in [-0.3, -0.25) is 4.90 Å². The quantitative estimate of drug-likeness (QED) is 0.380. The Balaban J connectivity index is 1.81. The highest BCUT2D eigenvalue weighted by atomic mass is 16.5. The molecule has 170 valence electrons. The van der Waals surface area contributed by atoms with Gasteiger partial charge < -0.3 is 20.5 Å². The Hall–Kier alpha value is -1.63. The summed E-state index contributed by atoms with van der Waals surface area (Å²) in [7, 11) is 0. The number of hydrogen-bond acceptors (Lipinski definition) is 4. The Morgan fingerprint density at radius 3 is 2.40 bits per heavy atom. The standard InChI is InChI=1S/C24H42N4O2/c1-5-25-24(26-14-11-23(19(3)4)30-6-2)27-17-20-7-9-21(10-8-20)18-28-15-12-22(29)13-16-28/h7-10,19,22-23,29H,5-6,11-18H2,1-4H3,(H2,25,26,27). The molecule has 0 amide bonds. The van der Waals surface area contributed by atoms with Crippen LogP contribution in [0.25, 0.3) is 0 Å². The number of aliphatic imine (C=N–C) groups is 1. The molecule has 0 spiro atoms. The molecule has 6 heteroatoms. The van der Waals surface area contributed by atoms with Gasteiger partial charge >= 0.3 is 0 Å². The number of likely N-dealkylation sites (tertiary alicyclic amines) is 1. The summed E-state index contributed by atoms with van der Waals surface area (Å²) >= 11 is 0. The third-order valence-electron chi connectivity index (χ3n) is 5.60. The van der Waals surface area contributed by atoms with Crippen molar-refractivity contribution in [1.82, 2.24) is 15.5 Å². The lowest BCUT2D eigenvalue weighted by molar-refractivity contribution is 0.0258. The van der Waals surface area contributed by atoms with Crippen molar-refractivity contribution in [3.05, 3.63) is 35.4 Å². The fourth-order valence-corrected chi connectivity index (χ4v) is 3.75. The van der Waals surface area contributed by atoms with Crippen LogP contribution in [0, 0.1) is 5.92 Å². The highest BCUT2D eigenvalue weighted by Gasteiger charge is 2.16. The van der Waals surface area contributed by atoms with Crippen molar-refractivity contribution in [2.45, 2.75) is 72.3 Å². The molecule has 1 aliphatic rings. The monoisotopic (exact) mass is 418 g/mol. The number of aliphatic hydroxyl groups is 1. The molecule has 3 N–H and O–H groups in total. The van der Waals surface area contributed by atoms with Gasteiger partial charge in [0.2, 0.25) is 0 Å². The van der Waals surface area contributed by atoms with Crippen molar-refractivity contribution in [3.8, 4) is 0 Å². The Labute approximate surface area is 183 Å². The van der Waals surface area contributed by atoms with E-state index in [9.17, 15) is 5.11 Å². The Morgan fingerprint density at radius 2 is 1.80 bits per heavy atom. The van der Waals surface area contributed by atoms with E-state index in [0.717, 1.165) is 64.6 Å². The van der Waals surface area contributed by atoms with Crippen molar-refractivity contribution in [1.29, 1.82) is 0 Å². The lowest BCUT2D eigenvalue weighted by Crippen LogP contribution is -2.39. The summed E-state index contributed by atoms with van der Waals surface area (Å²) in [5.74, 6) is 1.37. The van der Waals surface area contributed by atoms with Crippen molar-refractivity contribution < 1.29 is 9.84 Å². The van der Waals surface area contributed by atoms with Crippen LogP contribution in [0.3, 0.4) is 0 Å². The Morgan fingerprint density at radius 1 is 1.13 bits per heavy atom. The number of aliphatic hydroxyl groups excluding tert-OH is 1. The number of benzene rings is 1. The molecule has 2 rings (SSSR count). The third kappa shape index (κ3) is 9.02. The average Bonchev–Trinajstić information content (AvgIpc) is 2.74. The summed E-state index contributed by atoms with van der Waals surface area (Å²) in [6.07, 6.45) is 2.90. The summed E-state index contributed by atoms with van der Waals surface area (Å²) in [6, 6.07) is 8.74. The molecule has 6 nitrogen and oxygen atoms in total. The van der Waals surface area contributed by atoms with E-state index in [-0.39, 0.29) is 12.2 Å². The zero-order valence-corrected chi connectivity index (χ0v) is 19.4. The Bertz CT molecular complexity index is 610. The molecule has 0 aromatic heterocycles. The van der Waals surface area contributed by atoms with Crippen LogP contribution >= 0.6 is 0 Å². The van der Waals surface area contributed by atoms with Gasteiger partial charge in [-0.1, -0.05) is 38.1 Å². The summed E-state index contributed by atoms with van der Waals surface area (Å²) in [6.45, 7) is 14.6. The summed E-state index contributed by atoms with van der Waals surface area (Å²) < 4.78 is 5.83. The zero-order valence-electron chi connectivity index (χ0n) is 19.4. The second kappa shape index (κ2) is 13.6. The first-order valence-electron chi connectivity index (χ1n) is 11.6. The van der Waals surface area contributed by atoms with Gasteiger partial charge in [0, 0.05) is 39.3 Å². The molecule has 0 saturated carbocycles. The number of piperidine rings is 1. The predicted molar refractivity (Wildman–Crippen MR) is 125 cm³/mol. The second-order valence-corrected chi connectivity index (χ2v) is 8.47. The highest BCUT2D eigenvalue weighted by Crippen LogP contribution is 2.14. The topological polar surface area (TPSA) is 69.1 Å². The van der Waals surface area contributed by atoms with Crippen LogP contribution in [0.2, 0.25) is 0 Å². The minimum absolute atomic E-state index is 0.114. The van der Waals surface area contributed by atoms with E-state index in [0.29, 0.717) is 12.5 Å². The van der Waals surface area contributed by atoms with Gasteiger partial charge in [-0.25, -0.2) is 4.99 Å². The van der Waals surface area contributed by atoms with Crippen molar-refractivity contribution in [3.63, 3.8) is 0 Å². The van der Waals surface area contributed by atoms with E-state index in [1.807, 2.05) is 0 Å². The van der Waals surface area contributed by atoms with Crippen LogP contribution in [0.1, 0.15) is 58.1 Å². The minimum atomic E-state index is -0.114. The molecule has 1 aromatic carbocycles. The summed E-state index contributed by atoms with van der Waals surface area (Å²) in [4.78, 5) is 7.16. The molecule has 1 unspecified atom stereocenters. The third-order valence-corrected chi connectivity index (χ3v) is 5.60. The molecule has 1 atom stereocenters. The van der Waals surface area contributed by atoms with Crippen LogP contribution in [-0.2, 0) is 17.8 Å². The maximum atomic E-state index is 9.65. The van der Waals surface area contributed by atoms with Crippen LogP contribution in [0.4, 0.5) is 0 Å². The number of hydrogen-bond donors (Lipinski definition) is 3. The molecule has 0 bridgehead atoms. The largest absolute Gasteiger partial charge is 0.393 e. The van der Waals surface area contributed by atoms with E-state index in [2.05, 4.69) is 67.5 Å². The molecular weight excluding hydrogens is 376 g/mol. The van der Waals surface area contributed by atoms with Gasteiger partial charge in [-0.2, -0.15) is 0 Å². The second-order valence-electron chi connectivity index (χ2n) is 8.47. The van der Waals surface area contributed by atoms with Crippen molar-refractivity contribution >= 4 is 5.96 Å². The van der Waals surface area contributed by atoms with Gasteiger partial charge in [0.1, 0.15) is 0 Å². The molecule has 30 heavy (non-hydrogen) atoms. The molecule has 1 fully saturated rings. The van der Waals surface area contributed by atoms with Gasteiger partial charge in [0.05, 0.1) is 18.8 Å². The van der Waals surface area contributed by atoms with E-state index < -0.39 is 0 Å². The van der Waals surface area contributed by atoms with Gasteiger partial charge in [-0.05, 0) is 50.2 Å². The summed E-state index contributed by atoms with van der Waals surface area (Å²) in [5, 5.41) is 16.4. The molecule has 1 heterocycles. The summed E-state index contributed by atoms with van der Waals surface area (Å²) in [5.41, 5.74) is 2.53. The van der Waals surface area contributed by atoms with Crippen molar-refractivity contribution in [2.24, 2.45) is 10.9 Å². The minimum Gasteiger partial charge on any atom is -0.393 e. The van der Waals surface area contributed by atoms with Gasteiger partial charge in [-0.15, -0.1) is 0 Å². The van der Waals surface area contributed by atoms with E-state index >= 15 is 0 Å². The lowest BCUT2D eigenvalue weighted by Gasteiger charge is -2.29. The molecule has 1 aromatic rings. The molecule has 0 radical (unpaired) electrons. The van der Waals surface area contributed by atoms with Crippen LogP contribution in [0.15, 0.2) is 29.3 Å². The lowest BCUT2D eigenvalue weighted by atomic mass is 10.0. The van der Waals surface area contributed by atoms with E-state index in [4.69, 9.17) is 9.73 Å². The molecule has 0 aliphatic carbocycles. The first-order chi connectivity index (χ1) is 14.5. The van der Waals surface area contributed by atoms with E-state index in [1.54, 1.807) is 0 Å². The smallest absolute Gasteiger partial charge is 0.191 e. The molecule has 1 saturated heterocycles. The van der Waals surface area contributed by atoms with Crippen LogP contribution in [-0.4, -0.2) is 61.0 Å². The average molecular weight is 419 g/mol. The first kappa shape index (κ1) is 24.6. The maximum absolute atomic E-state index is 9.65. The normalized spacial score (nSPS) is 17.3. The van der Waals surface area contributed by atoms with Gasteiger partial charge in [0.25, 0.3) is 0 Å². The first-order valence-corrected chi connectivity index (χ1v) is 11.6. The fraction of sp³-hybridized carbons (Fsp3) is 0.708. The number of nitrogens with one attached hydrogen (secondary N) is 2. The van der Waals surface area contributed by atoms with Crippen molar-refractivity contribution in [2.75, 3.05) is 32.8 Å². The SMILES string of the molecule is CCNC(=NCc1ccc(CN2CCC(O)CC2)cc1)NCCC(OCC)C(C)C. The van der Waals surface area contributed by atoms with E-state index in [1.165, 1.54) is 11.1 Å². The van der Waals surface area contributed by atoms with Gasteiger partial charge in [0.15, 0.2) is 5.96 Å². The highest BCUT2D eigenvalue weighted by molar-refractivity contribution is 5.79. The predicted octanol–water partition coefficient (Wildman–Crippen LogP) is 3.15. The number of nitrogens with zero attached hydrogens (tertiary/aromatic N) is 2. The maximum Gasteiger partial charge on any atom is 0.191 e. The number of ether oxygens (including phenoxy) is 1. The Kier molecular flexibility index (Phi) is 11.2. The fourth-order valence-electron chi connectivity index (χ4n) is 3.75. The molecule has 1 aliphatic heterocycles. The zero-order chi connectivity index (χ0) is 21.8. The molecular formula is C24H42N4O2.